The number of hydrogen-bond acceptors (Lipinski definition) is 3. The minimum absolute atomic E-state index is 0.461. The minimum atomic E-state index is 0.461. The number of rotatable bonds is 2. The first-order chi connectivity index (χ1) is 6.79. The van der Waals surface area contributed by atoms with Crippen LogP contribution in [-0.2, 0) is 6.42 Å². The Balaban J connectivity index is 2.06. The number of likely N-dealkylation sites (N-methyl/N-ethyl adjacent to an activating group) is 1. The van der Waals surface area contributed by atoms with Gasteiger partial charge in [0.25, 0.3) is 0 Å². The SMILES string of the molecule is CN1CCC(n2cc(CC#N)cn2)C1. The highest BCUT2D eigenvalue weighted by molar-refractivity contribution is 5.10. The van der Waals surface area contributed by atoms with Gasteiger partial charge in [0.05, 0.1) is 24.7 Å². The van der Waals surface area contributed by atoms with Crippen LogP contribution in [-0.4, -0.2) is 34.8 Å². The van der Waals surface area contributed by atoms with Crippen LogP contribution in [0.4, 0.5) is 0 Å². The molecule has 4 nitrogen and oxygen atoms in total. The highest BCUT2D eigenvalue weighted by atomic mass is 15.3. The molecular weight excluding hydrogens is 176 g/mol. The molecule has 1 aliphatic heterocycles. The predicted octanol–water partition coefficient (Wildman–Crippen LogP) is 0.826. The molecule has 74 valence electrons. The molecule has 0 spiro atoms. The lowest BCUT2D eigenvalue weighted by molar-refractivity contribution is 0.382. The van der Waals surface area contributed by atoms with E-state index in [2.05, 4.69) is 23.1 Å². The van der Waals surface area contributed by atoms with Crippen LogP contribution in [0.25, 0.3) is 0 Å². The number of likely N-dealkylation sites (tertiary alicyclic amines) is 1. The first-order valence-corrected chi connectivity index (χ1v) is 4.88. The summed E-state index contributed by atoms with van der Waals surface area (Å²) in [6.07, 6.45) is 5.40. The van der Waals surface area contributed by atoms with E-state index in [1.54, 1.807) is 6.20 Å². The second kappa shape index (κ2) is 3.81. The summed E-state index contributed by atoms with van der Waals surface area (Å²) in [4.78, 5) is 2.30. The average molecular weight is 190 g/mol. The molecule has 14 heavy (non-hydrogen) atoms. The van der Waals surface area contributed by atoms with Crippen molar-refractivity contribution in [3.63, 3.8) is 0 Å². The Labute approximate surface area is 83.7 Å². The van der Waals surface area contributed by atoms with Gasteiger partial charge < -0.3 is 4.90 Å². The fraction of sp³-hybridized carbons (Fsp3) is 0.600. The zero-order valence-corrected chi connectivity index (χ0v) is 8.35. The Hall–Kier alpha value is -1.34. The van der Waals surface area contributed by atoms with Gasteiger partial charge in [0.15, 0.2) is 0 Å². The van der Waals surface area contributed by atoms with E-state index < -0.39 is 0 Å². The van der Waals surface area contributed by atoms with Crippen molar-refractivity contribution in [2.75, 3.05) is 20.1 Å². The molecule has 2 heterocycles. The van der Waals surface area contributed by atoms with E-state index in [-0.39, 0.29) is 0 Å². The molecule has 1 aliphatic rings. The zero-order chi connectivity index (χ0) is 9.97. The van der Waals surface area contributed by atoms with Gasteiger partial charge in [0, 0.05) is 18.3 Å². The quantitative estimate of drug-likeness (QED) is 0.693. The van der Waals surface area contributed by atoms with E-state index >= 15 is 0 Å². The second-order valence-corrected chi connectivity index (χ2v) is 3.87. The van der Waals surface area contributed by atoms with E-state index in [4.69, 9.17) is 5.26 Å². The van der Waals surface area contributed by atoms with Crippen molar-refractivity contribution in [1.82, 2.24) is 14.7 Å². The van der Waals surface area contributed by atoms with Crippen LogP contribution >= 0.6 is 0 Å². The fourth-order valence-corrected chi connectivity index (χ4v) is 1.89. The van der Waals surface area contributed by atoms with Crippen LogP contribution in [0.3, 0.4) is 0 Å². The first-order valence-electron chi connectivity index (χ1n) is 4.88. The average Bonchev–Trinajstić information content (AvgIpc) is 2.74. The first kappa shape index (κ1) is 9.22. The molecule has 0 radical (unpaired) electrons. The standard InChI is InChI=1S/C10H14N4/c1-13-5-3-10(8-13)14-7-9(2-4-11)6-12-14/h6-7,10H,2-3,5,8H2,1H3. The van der Waals surface area contributed by atoms with Crippen molar-refractivity contribution in [1.29, 1.82) is 5.26 Å². The van der Waals surface area contributed by atoms with Crippen molar-refractivity contribution in [2.45, 2.75) is 18.9 Å². The van der Waals surface area contributed by atoms with Gasteiger partial charge in [-0.3, -0.25) is 4.68 Å². The Bertz CT molecular complexity index is 349. The van der Waals surface area contributed by atoms with E-state index in [0.29, 0.717) is 12.5 Å². The number of nitriles is 1. The van der Waals surface area contributed by atoms with Crippen LogP contribution in [0.15, 0.2) is 12.4 Å². The van der Waals surface area contributed by atoms with Crippen LogP contribution in [0.5, 0.6) is 0 Å². The molecule has 1 atom stereocenters. The molecule has 1 aromatic heterocycles. The molecule has 4 heteroatoms. The monoisotopic (exact) mass is 190 g/mol. The summed E-state index contributed by atoms with van der Waals surface area (Å²) in [5.74, 6) is 0. The smallest absolute Gasteiger partial charge is 0.0670 e. The molecule has 0 aromatic carbocycles. The Morgan fingerprint density at radius 1 is 1.71 bits per heavy atom. The van der Waals surface area contributed by atoms with Gasteiger partial charge in [-0.25, -0.2) is 0 Å². The van der Waals surface area contributed by atoms with E-state index in [1.165, 1.54) is 0 Å². The van der Waals surface area contributed by atoms with Gasteiger partial charge in [0.2, 0.25) is 0 Å². The predicted molar refractivity (Wildman–Crippen MR) is 52.7 cm³/mol. The van der Waals surface area contributed by atoms with Crippen molar-refractivity contribution < 1.29 is 0 Å². The van der Waals surface area contributed by atoms with Crippen LogP contribution in [0.1, 0.15) is 18.0 Å². The molecule has 0 N–H and O–H groups in total. The highest BCUT2D eigenvalue weighted by Crippen LogP contribution is 2.19. The highest BCUT2D eigenvalue weighted by Gasteiger charge is 2.21. The molecule has 1 fully saturated rings. The van der Waals surface area contributed by atoms with Gasteiger partial charge in [-0.1, -0.05) is 0 Å². The minimum Gasteiger partial charge on any atom is -0.304 e. The van der Waals surface area contributed by atoms with Crippen LogP contribution < -0.4 is 0 Å². The fourth-order valence-electron chi connectivity index (χ4n) is 1.89. The Morgan fingerprint density at radius 3 is 3.21 bits per heavy atom. The molecule has 0 bridgehead atoms. The van der Waals surface area contributed by atoms with E-state index in [0.717, 1.165) is 25.1 Å². The van der Waals surface area contributed by atoms with Crippen LogP contribution in [0, 0.1) is 11.3 Å². The normalized spacial score (nSPS) is 22.4. The molecule has 0 aliphatic carbocycles. The molecule has 2 rings (SSSR count). The van der Waals surface area contributed by atoms with Gasteiger partial charge >= 0.3 is 0 Å². The van der Waals surface area contributed by atoms with Gasteiger partial charge in [-0.05, 0) is 20.0 Å². The second-order valence-electron chi connectivity index (χ2n) is 3.87. The van der Waals surface area contributed by atoms with Crippen molar-refractivity contribution in [2.24, 2.45) is 0 Å². The lowest BCUT2D eigenvalue weighted by Gasteiger charge is -2.10. The molecule has 1 unspecified atom stereocenters. The molecule has 0 amide bonds. The summed E-state index contributed by atoms with van der Waals surface area (Å²) in [6.45, 7) is 2.20. The van der Waals surface area contributed by atoms with Gasteiger partial charge in [-0.15, -0.1) is 0 Å². The maximum atomic E-state index is 8.54. The van der Waals surface area contributed by atoms with E-state index in [1.807, 2.05) is 10.9 Å². The summed E-state index contributed by atoms with van der Waals surface area (Å²) < 4.78 is 2.00. The molecule has 1 saturated heterocycles. The molecular formula is C10H14N4. The summed E-state index contributed by atoms with van der Waals surface area (Å²) >= 11 is 0. The summed E-state index contributed by atoms with van der Waals surface area (Å²) in [5, 5.41) is 12.8. The Kier molecular flexibility index (Phi) is 2.51. The number of aromatic nitrogens is 2. The Morgan fingerprint density at radius 2 is 2.57 bits per heavy atom. The third-order valence-electron chi connectivity index (χ3n) is 2.68. The largest absolute Gasteiger partial charge is 0.304 e. The van der Waals surface area contributed by atoms with Crippen molar-refractivity contribution >= 4 is 0 Å². The topological polar surface area (TPSA) is 44.9 Å². The van der Waals surface area contributed by atoms with Gasteiger partial charge in [0.1, 0.15) is 0 Å². The zero-order valence-electron chi connectivity index (χ0n) is 8.35. The molecule has 0 saturated carbocycles. The third kappa shape index (κ3) is 1.78. The summed E-state index contributed by atoms with van der Waals surface area (Å²) in [6, 6.07) is 2.63. The maximum absolute atomic E-state index is 8.54. The van der Waals surface area contributed by atoms with Crippen LogP contribution in [0.2, 0.25) is 0 Å². The number of nitrogens with zero attached hydrogens (tertiary/aromatic N) is 4. The third-order valence-corrected chi connectivity index (χ3v) is 2.68. The lowest BCUT2D eigenvalue weighted by atomic mass is 10.2. The summed E-state index contributed by atoms with van der Waals surface area (Å²) in [7, 11) is 2.12. The maximum Gasteiger partial charge on any atom is 0.0670 e. The molecule has 1 aromatic rings. The van der Waals surface area contributed by atoms with Crippen molar-refractivity contribution in [3.05, 3.63) is 18.0 Å². The van der Waals surface area contributed by atoms with Gasteiger partial charge in [-0.2, -0.15) is 10.4 Å². The van der Waals surface area contributed by atoms with E-state index in [9.17, 15) is 0 Å². The number of hydrogen-bond donors (Lipinski definition) is 0. The van der Waals surface area contributed by atoms with Crippen molar-refractivity contribution in [3.8, 4) is 6.07 Å². The lowest BCUT2D eigenvalue weighted by Crippen LogP contribution is -2.16. The summed E-state index contributed by atoms with van der Waals surface area (Å²) in [5.41, 5.74) is 1.02.